The fourth-order valence-corrected chi connectivity index (χ4v) is 3.79. The number of ether oxygens (including phenoxy) is 1. The molecule has 1 N–H and O–H groups in total. The van der Waals surface area contributed by atoms with Crippen molar-refractivity contribution in [3.8, 4) is 5.75 Å². The Hall–Kier alpha value is -2.33. The van der Waals surface area contributed by atoms with Crippen molar-refractivity contribution in [1.29, 1.82) is 0 Å². The SMILES string of the molecule is COc1ccccc1CN(CCCO)C(=O)C[C@@H]1CCc2ccccc21. The molecule has 1 amide bonds. The molecule has 4 heteroatoms. The monoisotopic (exact) mass is 353 g/mol. The molecule has 26 heavy (non-hydrogen) atoms. The van der Waals surface area contributed by atoms with Crippen molar-refractivity contribution in [2.45, 2.75) is 38.1 Å². The average Bonchev–Trinajstić information content (AvgIpc) is 3.08. The van der Waals surface area contributed by atoms with E-state index in [1.807, 2.05) is 29.2 Å². The van der Waals surface area contributed by atoms with Crippen LogP contribution in [0.5, 0.6) is 5.75 Å². The van der Waals surface area contributed by atoms with Gasteiger partial charge in [-0.15, -0.1) is 0 Å². The van der Waals surface area contributed by atoms with Crippen molar-refractivity contribution in [2.75, 3.05) is 20.3 Å². The van der Waals surface area contributed by atoms with E-state index < -0.39 is 0 Å². The summed E-state index contributed by atoms with van der Waals surface area (Å²) in [6.45, 7) is 1.15. The number of aliphatic hydroxyl groups excluding tert-OH is 1. The Kier molecular flexibility index (Phi) is 6.29. The van der Waals surface area contributed by atoms with Gasteiger partial charge in [0.25, 0.3) is 0 Å². The van der Waals surface area contributed by atoms with Crippen molar-refractivity contribution in [3.63, 3.8) is 0 Å². The van der Waals surface area contributed by atoms with Gasteiger partial charge >= 0.3 is 0 Å². The first-order chi connectivity index (χ1) is 12.7. The van der Waals surface area contributed by atoms with Gasteiger partial charge in [0.05, 0.1) is 7.11 Å². The van der Waals surface area contributed by atoms with Crippen LogP contribution in [-0.2, 0) is 17.8 Å². The first-order valence-corrected chi connectivity index (χ1v) is 9.31. The van der Waals surface area contributed by atoms with E-state index in [1.165, 1.54) is 11.1 Å². The van der Waals surface area contributed by atoms with Crippen LogP contribution in [0.4, 0.5) is 0 Å². The summed E-state index contributed by atoms with van der Waals surface area (Å²) in [5.74, 6) is 1.24. The minimum Gasteiger partial charge on any atom is -0.496 e. The molecule has 0 aliphatic heterocycles. The second-order valence-corrected chi connectivity index (χ2v) is 6.84. The topological polar surface area (TPSA) is 49.8 Å². The lowest BCUT2D eigenvalue weighted by atomic mass is 9.97. The first-order valence-electron chi connectivity index (χ1n) is 9.31. The predicted octanol–water partition coefficient (Wildman–Crippen LogP) is 3.53. The zero-order valence-corrected chi connectivity index (χ0v) is 15.4. The average molecular weight is 353 g/mol. The number of para-hydroxylation sites is 1. The zero-order chi connectivity index (χ0) is 18.4. The Bertz CT molecular complexity index is 744. The molecule has 1 aliphatic carbocycles. The molecule has 1 atom stereocenters. The van der Waals surface area contributed by atoms with E-state index in [9.17, 15) is 9.90 Å². The Morgan fingerprint density at radius 2 is 1.96 bits per heavy atom. The predicted molar refractivity (Wildman–Crippen MR) is 102 cm³/mol. The Balaban J connectivity index is 1.72. The van der Waals surface area contributed by atoms with E-state index in [1.54, 1.807) is 7.11 Å². The van der Waals surface area contributed by atoms with Gasteiger partial charge in [0.1, 0.15) is 5.75 Å². The van der Waals surface area contributed by atoms with E-state index in [0.29, 0.717) is 31.8 Å². The van der Waals surface area contributed by atoms with Crippen LogP contribution in [0.25, 0.3) is 0 Å². The normalized spacial score (nSPS) is 15.5. The number of aliphatic hydroxyl groups is 1. The van der Waals surface area contributed by atoms with Gasteiger partial charge in [-0.05, 0) is 42.4 Å². The maximum Gasteiger partial charge on any atom is 0.223 e. The highest BCUT2D eigenvalue weighted by Crippen LogP contribution is 2.35. The smallest absolute Gasteiger partial charge is 0.223 e. The first kappa shape index (κ1) is 18.5. The quantitative estimate of drug-likeness (QED) is 0.790. The van der Waals surface area contributed by atoms with Crippen molar-refractivity contribution in [2.24, 2.45) is 0 Å². The van der Waals surface area contributed by atoms with Gasteiger partial charge in [-0.1, -0.05) is 42.5 Å². The molecule has 0 heterocycles. The van der Waals surface area contributed by atoms with E-state index >= 15 is 0 Å². The Morgan fingerprint density at radius 1 is 1.19 bits per heavy atom. The molecule has 0 fully saturated rings. The summed E-state index contributed by atoms with van der Waals surface area (Å²) in [5, 5.41) is 9.22. The molecule has 0 saturated carbocycles. The summed E-state index contributed by atoms with van der Waals surface area (Å²) in [6, 6.07) is 16.2. The van der Waals surface area contributed by atoms with Crippen molar-refractivity contribution in [3.05, 3.63) is 65.2 Å². The van der Waals surface area contributed by atoms with Crippen LogP contribution in [0.3, 0.4) is 0 Å². The molecule has 3 rings (SSSR count). The number of hydrogen-bond acceptors (Lipinski definition) is 3. The summed E-state index contributed by atoms with van der Waals surface area (Å²) in [4.78, 5) is 14.9. The molecule has 0 radical (unpaired) electrons. The van der Waals surface area contributed by atoms with Crippen LogP contribution < -0.4 is 4.74 Å². The van der Waals surface area contributed by atoms with Crippen LogP contribution in [0.1, 0.15) is 41.9 Å². The number of carbonyl (C=O) groups is 1. The summed E-state index contributed by atoms with van der Waals surface area (Å²) >= 11 is 0. The van der Waals surface area contributed by atoms with E-state index in [0.717, 1.165) is 24.2 Å². The maximum atomic E-state index is 13.0. The summed E-state index contributed by atoms with van der Waals surface area (Å²) in [7, 11) is 1.65. The number of carbonyl (C=O) groups excluding carboxylic acids is 1. The van der Waals surface area contributed by atoms with Crippen LogP contribution in [0, 0.1) is 0 Å². The van der Waals surface area contributed by atoms with Gasteiger partial charge in [0.2, 0.25) is 5.91 Å². The number of rotatable bonds is 8. The number of nitrogens with zero attached hydrogens (tertiary/aromatic N) is 1. The minimum absolute atomic E-state index is 0.0853. The van der Waals surface area contributed by atoms with Crippen molar-refractivity contribution in [1.82, 2.24) is 4.90 Å². The molecular formula is C22H27NO3. The third kappa shape index (κ3) is 4.25. The molecule has 0 unspecified atom stereocenters. The van der Waals surface area contributed by atoms with Crippen LogP contribution in [0.15, 0.2) is 48.5 Å². The van der Waals surface area contributed by atoms with Gasteiger partial charge in [0, 0.05) is 31.7 Å². The lowest BCUT2D eigenvalue weighted by Gasteiger charge is -2.25. The fraction of sp³-hybridized carbons (Fsp3) is 0.409. The highest BCUT2D eigenvalue weighted by molar-refractivity contribution is 5.77. The highest BCUT2D eigenvalue weighted by atomic mass is 16.5. The molecule has 2 aromatic carbocycles. The molecule has 0 aromatic heterocycles. The van der Waals surface area contributed by atoms with Gasteiger partial charge in [-0.2, -0.15) is 0 Å². The second-order valence-electron chi connectivity index (χ2n) is 6.84. The number of methoxy groups -OCH3 is 1. The third-order valence-corrected chi connectivity index (χ3v) is 5.17. The van der Waals surface area contributed by atoms with Crippen molar-refractivity contribution < 1.29 is 14.6 Å². The number of aryl methyl sites for hydroxylation is 1. The highest BCUT2D eigenvalue weighted by Gasteiger charge is 2.26. The van der Waals surface area contributed by atoms with Gasteiger partial charge in [-0.25, -0.2) is 0 Å². The second kappa shape index (κ2) is 8.86. The molecule has 2 aromatic rings. The van der Waals surface area contributed by atoms with Crippen LogP contribution >= 0.6 is 0 Å². The van der Waals surface area contributed by atoms with Gasteiger partial charge < -0.3 is 14.7 Å². The molecular weight excluding hydrogens is 326 g/mol. The number of amides is 1. The third-order valence-electron chi connectivity index (χ3n) is 5.17. The van der Waals surface area contributed by atoms with Crippen molar-refractivity contribution >= 4 is 5.91 Å². The number of fused-ring (bicyclic) bond motifs is 1. The maximum absolute atomic E-state index is 13.0. The van der Waals surface area contributed by atoms with Gasteiger partial charge in [-0.3, -0.25) is 4.79 Å². The number of hydrogen-bond donors (Lipinski definition) is 1. The van der Waals surface area contributed by atoms with Crippen LogP contribution in [0.2, 0.25) is 0 Å². The largest absolute Gasteiger partial charge is 0.496 e. The lowest BCUT2D eigenvalue weighted by molar-refractivity contribution is -0.132. The molecule has 4 nitrogen and oxygen atoms in total. The molecule has 0 spiro atoms. The number of benzene rings is 2. The van der Waals surface area contributed by atoms with Crippen LogP contribution in [-0.4, -0.2) is 36.2 Å². The summed E-state index contributed by atoms with van der Waals surface area (Å²) < 4.78 is 5.42. The fourth-order valence-electron chi connectivity index (χ4n) is 3.79. The summed E-state index contributed by atoms with van der Waals surface area (Å²) in [6.07, 6.45) is 3.20. The Labute approximate surface area is 155 Å². The summed E-state index contributed by atoms with van der Waals surface area (Å²) in [5.41, 5.74) is 3.69. The molecule has 0 saturated heterocycles. The molecule has 1 aliphatic rings. The Morgan fingerprint density at radius 3 is 2.77 bits per heavy atom. The zero-order valence-electron chi connectivity index (χ0n) is 15.4. The molecule has 138 valence electrons. The van der Waals surface area contributed by atoms with E-state index in [2.05, 4.69) is 24.3 Å². The molecule has 0 bridgehead atoms. The van der Waals surface area contributed by atoms with E-state index in [-0.39, 0.29) is 12.5 Å². The van der Waals surface area contributed by atoms with E-state index in [4.69, 9.17) is 4.74 Å². The lowest BCUT2D eigenvalue weighted by Crippen LogP contribution is -2.33. The van der Waals surface area contributed by atoms with Gasteiger partial charge in [0.15, 0.2) is 0 Å². The standard InChI is InChI=1S/C22H27NO3/c1-26-21-10-5-3-8-19(21)16-23(13-6-14-24)22(25)15-18-12-11-17-7-2-4-9-20(17)18/h2-5,7-10,18,24H,6,11-16H2,1H3/t18-/m0/s1. The minimum atomic E-state index is 0.0853.